The number of para-hydroxylation sites is 1. The fraction of sp³-hybridized carbons (Fsp3) is 0.308. The summed E-state index contributed by atoms with van der Waals surface area (Å²) in [6.07, 6.45) is 6.34. The fourth-order valence-electron chi connectivity index (χ4n) is 5.08. The third-order valence-electron chi connectivity index (χ3n) is 6.81. The second-order valence-corrected chi connectivity index (χ2v) is 9.04. The second kappa shape index (κ2) is 8.72. The van der Waals surface area contributed by atoms with Gasteiger partial charge in [0.1, 0.15) is 23.1 Å². The zero-order valence-electron chi connectivity index (χ0n) is 19.1. The van der Waals surface area contributed by atoms with E-state index >= 15 is 0 Å². The number of nitrogens with one attached hydrogen (secondary N) is 1. The number of amides is 1. The predicted octanol–water partition coefficient (Wildman–Crippen LogP) is 4.88. The van der Waals surface area contributed by atoms with Gasteiger partial charge in [0, 0.05) is 29.8 Å². The third kappa shape index (κ3) is 3.80. The number of hydrogen-bond acceptors (Lipinski definition) is 4. The van der Waals surface area contributed by atoms with E-state index in [1.54, 1.807) is 30.3 Å². The number of hydrogen-bond donors (Lipinski definition) is 1. The molecule has 2 aromatic carbocycles. The highest BCUT2D eigenvalue weighted by Gasteiger charge is 2.28. The molecule has 0 bridgehead atoms. The van der Waals surface area contributed by atoms with Crippen molar-refractivity contribution in [3.05, 3.63) is 76.9 Å². The summed E-state index contributed by atoms with van der Waals surface area (Å²) in [4.78, 5) is 13.3. The molecule has 6 rings (SSSR count). The van der Waals surface area contributed by atoms with Crippen molar-refractivity contribution in [1.82, 2.24) is 24.5 Å². The van der Waals surface area contributed by atoms with Crippen LogP contribution in [0.25, 0.3) is 17.1 Å². The van der Waals surface area contributed by atoms with Gasteiger partial charge in [-0.2, -0.15) is 5.10 Å². The minimum atomic E-state index is -0.553. The van der Waals surface area contributed by atoms with Gasteiger partial charge in [-0.05, 0) is 62.4 Å². The number of fused-ring (bicyclic) bond motifs is 2. The first kappa shape index (κ1) is 21.6. The molecule has 1 aliphatic carbocycles. The van der Waals surface area contributed by atoms with Crippen molar-refractivity contribution in [1.29, 1.82) is 0 Å². The van der Waals surface area contributed by atoms with Gasteiger partial charge in [-0.25, -0.2) is 13.5 Å². The molecule has 9 heteroatoms. The first-order chi connectivity index (χ1) is 17.1. The maximum Gasteiger partial charge on any atom is 0.276 e. The molecule has 0 saturated heterocycles. The van der Waals surface area contributed by atoms with E-state index in [1.165, 1.54) is 16.8 Å². The summed E-state index contributed by atoms with van der Waals surface area (Å²) in [5.74, 6) is 0.115. The summed E-state index contributed by atoms with van der Waals surface area (Å²) < 4.78 is 32.8. The Morgan fingerprint density at radius 2 is 1.80 bits per heavy atom. The highest BCUT2D eigenvalue weighted by Crippen LogP contribution is 2.31. The average molecular weight is 475 g/mol. The molecular weight excluding hydrogens is 450 g/mol. The molecular formula is C26H24F2N6O. The van der Waals surface area contributed by atoms with Gasteiger partial charge in [0.25, 0.3) is 5.91 Å². The van der Waals surface area contributed by atoms with Crippen molar-refractivity contribution >= 4 is 11.6 Å². The number of anilines is 1. The number of aryl methyl sites for hydroxylation is 1. The van der Waals surface area contributed by atoms with Gasteiger partial charge in [-0.15, -0.1) is 10.2 Å². The van der Waals surface area contributed by atoms with E-state index in [9.17, 15) is 13.6 Å². The van der Waals surface area contributed by atoms with E-state index in [-0.39, 0.29) is 11.4 Å². The van der Waals surface area contributed by atoms with Gasteiger partial charge in [0.15, 0.2) is 11.5 Å². The Morgan fingerprint density at radius 1 is 0.914 bits per heavy atom. The molecule has 0 saturated carbocycles. The lowest BCUT2D eigenvalue weighted by Gasteiger charge is -2.10. The Balaban J connectivity index is 1.33. The third-order valence-corrected chi connectivity index (χ3v) is 6.81. The van der Waals surface area contributed by atoms with Gasteiger partial charge in [-0.3, -0.25) is 4.79 Å². The van der Waals surface area contributed by atoms with E-state index in [0.29, 0.717) is 29.9 Å². The SMILES string of the molecule is O=C(Nc1cc(-c2nnc3n2CCCCC3)ccc1F)c1nn(-c2ccccc2F)c2c1CCC2. The topological polar surface area (TPSA) is 77.6 Å². The van der Waals surface area contributed by atoms with Crippen LogP contribution in [0.2, 0.25) is 0 Å². The smallest absolute Gasteiger partial charge is 0.276 e. The van der Waals surface area contributed by atoms with E-state index < -0.39 is 17.5 Å². The molecule has 178 valence electrons. The van der Waals surface area contributed by atoms with Crippen molar-refractivity contribution in [2.24, 2.45) is 0 Å². The lowest BCUT2D eigenvalue weighted by Crippen LogP contribution is -2.16. The lowest BCUT2D eigenvalue weighted by atomic mass is 10.1. The van der Waals surface area contributed by atoms with Crippen LogP contribution in [-0.2, 0) is 25.8 Å². The Labute approximate surface area is 200 Å². The van der Waals surface area contributed by atoms with E-state index in [0.717, 1.165) is 55.7 Å². The van der Waals surface area contributed by atoms with E-state index in [1.807, 2.05) is 0 Å². The summed E-state index contributed by atoms with van der Waals surface area (Å²) in [5.41, 5.74) is 2.83. The number of rotatable bonds is 4. The maximum atomic E-state index is 14.8. The first-order valence-electron chi connectivity index (χ1n) is 12.0. The van der Waals surface area contributed by atoms with Crippen LogP contribution in [0.1, 0.15) is 53.3 Å². The Hall–Kier alpha value is -3.88. The van der Waals surface area contributed by atoms with Crippen molar-refractivity contribution in [2.75, 3.05) is 5.32 Å². The highest BCUT2D eigenvalue weighted by atomic mass is 19.1. The van der Waals surface area contributed by atoms with Crippen LogP contribution in [-0.4, -0.2) is 30.5 Å². The van der Waals surface area contributed by atoms with Crippen LogP contribution < -0.4 is 5.32 Å². The largest absolute Gasteiger partial charge is 0.318 e. The van der Waals surface area contributed by atoms with Crippen LogP contribution in [0, 0.1) is 11.6 Å². The van der Waals surface area contributed by atoms with Crippen molar-refractivity contribution in [3.8, 4) is 17.1 Å². The molecule has 0 spiro atoms. The van der Waals surface area contributed by atoms with Crippen molar-refractivity contribution < 1.29 is 13.6 Å². The summed E-state index contributed by atoms with van der Waals surface area (Å²) in [6.45, 7) is 0.816. The summed E-state index contributed by atoms with van der Waals surface area (Å²) >= 11 is 0. The molecule has 7 nitrogen and oxygen atoms in total. The van der Waals surface area contributed by atoms with Crippen LogP contribution in [0.15, 0.2) is 42.5 Å². The summed E-state index contributed by atoms with van der Waals surface area (Å²) in [6, 6.07) is 10.9. The maximum absolute atomic E-state index is 14.8. The minimum Gasteiger partial charge on any atom is -0.318 e. The highest BCUT2D eigenvalue weighted by molar-refractivity contribution is 6.04. The molecule has 1 aliphatic heterocycles. The van der Waals surface area contributed by atoms with Crippen LogP contribution in [0.4, 0.5) is 14.5 Å². The van der Waals surface area contributed by atoms with Gasteiger partial charge in [0.05, 0.1) is 5.69 Å². The Morgan fingerprint density at radius 3 is 2.69 bits per heavy atom. The Bertz CT molecular complexity index is 1440. The molecule has 35 heavy (non-hydrogen) atoms. The van der Waals surface area contributed by atoms with Crippen molar-refractivity contribution in [3.63, 3.8) is 0 Å². The molecule has 4 aromatic rings. The standard InChI is InChI=1S/C26H24F2N6O/c27-18-13-12-16(25-31-30-23-11-2-1-5-14-33(23)25)15-20(18)29-26(35)24-17-7-6-10-21(17)34(32-24)22-9-4-3-8-19(22)28/h3-4,8-9,12-13,15H,1-2,5-7,10-11,14H2,(H,29,35). The quantitative estimate of drug-likeness (QED) is 0.458. The monoisotopic (exact) mass is 474 g/mol. The molecule has 2 aromatic heterocycles. The molecule has 0 radical (unpaired) electrons. The average Bonchev–Trinajstić information content (AvgIpc) is 3.53. The predicted molar refractivity (Wildman–Crippen MR) is 126 cm³/mol. The molecule has 3 heterocycles. The molecule has 1 amide bonds. The van der Waals surface area contributed by atoms with E-state index in [2.05, 4.69) is 25.2 Å². The van der Waals surface area contributed by atoms with Gasteiger partial charge < -0.3 is 9.88 Å². The second-order valence-electron chi connectivity index (χ2n) is 9.04. The van der Waals surface area contributed by atoms with Gasteiger partial charge in [0.2, 0.25) is 0 Å². The zero-order chi connectivity index (χ0) is 23.9. The normalized spacial score (nSPS) is 14.9. The number of carbonyl (C=O) groups is 1. The molecule has 0 atom stereocenters. The molecule has 1 N–H and O–H groups in total. The van der Waals surface area contributed by atoms with Crippen LogP contribution in [0.3, 0.4) is 0 Å². The molecule has 2 aliphatic rings. The van der Waals surface area contributed by atoms with E-state index in [4.69, 9.17) is 0 Å². The molecule has 0 fully saturated rings. The fourth-order valence-corrected chi connectivity index (χ4v) is 5.08. The lowest BCUT2D eigenvalue weighted by molar-refractivity contribution is 0.102. The van der Waals surface area contributed by atoms with Crippen LogP contribution >= 0.6 is 0 Å². The summed E-state index contributed by atoms with van der Waals surface area (Å²) in [7, 11) is 0. The zero-order valence-corrected chi connectivity index (χ0v) is 19.1. The number of halogens is 2. The number of nitrogens with zero attached hydrogens (tertiary/aromatic N) is 5. The van der Waals surface area contributed by atoms with Crippen molar-refractivity contribution in [2.45, 2.75) is 51.5 Å². The minimum absolute atomic E-state index is 0.0469. The number of carbonyl (C=O) groups excluding carboxylic acids is 1. The van der Waals surface area contributed by atoms with Gasteiger partial charge >= 0.3 is 0 Å². The van der Waals surface area contributed by atoms with Gasteiger partial charge in [-0.1, -0.05) is 18.6 Å². The summed E-state index contributed by atoms with van der Waals surface area (Å²) in [5, 5.41) is 15.8. The number of benzene rings is 2. The molecule has 0 unspecified atom stereocenters. The van der Waals surface area contributed by atoms with Crippen LogP contribution in [0.5, 0.6) is 0 Å². The first-order valence-corrected chi connectivity index (χ1v) is 12.0. The number of aromatic nitrogens is 5. The Kier molecular flexibility index (Phi) is 5.39.